The first kappa shape index (κ1) is 16.3. The van der Waals surface area contributed by atoms with Crippen LogP contribution in [0.15, 0.2) is 18.2 Å². The third-order valence-corrected chi connectivity index (χ3v) is 5.10. The predicted octanol–water partition coefficient (Wildman–Crippen LogP) is 1.94. The van der Waals surface area contributed by atoms with Crippen LogP contribution in [0.2, 0.25) is 0 Å². The molecule has 2 aliphatic heterocycles. The number of piperidine rings is 1. The molecule has 0 saturated carbocycles. The molecule has 0 aromatic heterocycles. The maximum atomic E-state index is 12.9. The van der Waals surface area contributed by atoms with Gasteiger partial charge >= 0.3 is 0 Å². The lowest BCUT2D eigenvalue weighted by atomic mass is 9.89. The second kappa shape index (κ2) is 6.49. The van der Waals surface area contributed by atoms with Gasteiger partial charge in [-0.15, -0.1) is 0 Å². The largest absolute Gasteiger partial charge is 0.497 e. The van der Waals surface area contributed by atoms with Gasteiger partial charge in [0.05, 0.1) is 25.9 Å². The van der Waals surface area contributed by atoms with Gasteiger partial charge in [-0.2, -0.15) is 0 Å². The topological polar surface area (TPSA) is 42.0 Å². The zero-order chi connectivity index (χ0) is 16.4. The van der Waals surface area contributed by atoms with Crippen LogP contribution < -0.4 is 4.74 Å². The van der Waals surface area contributed by atoms with Crippen LogP contribution in [0, 0.1) is 6.92 Å². The Morgan fingerprint density at radius 1 is 1.26 bits per heavy atom. The molecule has 2 fully saturated rings. The van der Waals surface area contributed by atoms with Crippen molar-refractivity contribution >= 4 is 5.91 Å². The molecule has 0 unspecified atom stereocenters. The molecule has 2 saturated heterocycles. The maximum Gasteiger partial charge on any atom is 0.254 e. The Kier molecular flexibility index (Phi) is 4.60. The van der Waals surface area contributed by atoms with Crippen LogP contribution >= 0.6 is 0 Å². The number of morpholine rings is 1. The molecule has 0 N–H and O–H groups in total. The SMILES string of the molecule is COc1ccc(C(=O)N2CCOC3(CCN(C)CC3)C2)c(C)c1. The first-order valence-corrected chi connectivity index (χ1v) is 8.29. The number of hydrogen-bond acceptors (Lipinski definition) is 4. The highest BCUT2D eigenvalue weighted by molar-refractivity contribution is 5.96. The van der Waals surface area contributed by atoms with Crippen LogP contribution in [0.5, 0.6) is 5.75 Å². The van der Waals surface area contributed by atoms with Gasteiger partial charge in [0.2, 0.25) is 0 Å². The normalized spacial score (nSPS) is 21.4. The highest BCUT2D eigenvalue weighted by Crippen LogP contribution is 2.30. The molecule has 0 aliphatic carbocycles. The number of benzene rings is 1. The Bertz CT molecular complexity index is 580. The Balaban J connectivity index is 1.74. The molecular formula is C18H26N2O3. The summed E-state index contributed by atoms with van der Waals surface area (Å²) < 4.78 is 11.3. The number of aryl methyl sites for hydroxylation is 1. The maximum absolute atomic E-state index is 12.9. The summed E-state index contributed by atoms with van der Waals surface area (Å²) >= 11 is 0. The Morgan fingerprint density at radius 3 is 2.65 bits per heavy atom. The van der Waals surface area contributed by atoms with Crippen LogP contribution in [0.1, 0.15) is 28.8 Å². The molecule has 1 aromatic carbocycles. The van der Waals surface area contributed by atoms with Crippen molar-refractivity contribution < 1.29 is 14.3 Å². The molecule has 5 nitrogen and oxygen atoms in total. The summed E-state index contributed by atoms with van der Waals surface area (Å²) in [4.78, 5) is 17.2. The zero-order valence-corrected chi connectivity index (χ0v) is 14.3. The molecule has 5 heteroatoms. The molecule has 2 heterocycles. The first-order chi connectivity index (χ1) is 11.0. The molecule has 0 bridgehead atoms. The van der Waals surface area contributed by atoms with Crippen molar-refractivity contribution in [1.29, 1.82) is 0 Å². The zero-order valence-electron chi connectivity index (χ0n) is 14.3. The van der Waals surface area contributed by atoms with Gasteiger partial charge in [0.1, 0.15) is 5.75 Å². The van der Waals surface area contributed by atoms with E-state index in [0.29, 0.717) is 19.7 Å². The lowest BCUT2D eigenvalue weighted by Gasteiger charge is -2.46. The Hall–Kier alpha value is -1.59. The van der Waals surface area contributed by atoms with Gasteiger partial charge in [-0.05, 0) is 50.6 Å². The fourth-order valence-corrected chi connectivity index (χ4v) is 3.52. The van der Waals surface area contributed by atoms with E-state index in [2.05, 4.69) is 11.9 Å². The monoisotopic (exact) mass is 318 g/mol. The van der Waals surface area contributed by atoms with Gasteiger partial charge < -0.3 is 19.3 Å². The second-order valence-corrected chi connectivity index (χ2v) is 6.74. The highest BCUT2D eigenvalue weighted by Gasteiger charge is 2.40. The molecule has 23 heavy (non-hydrogen) atoms. The van der Waals surface area contributed by atoms with E-state index in [1.54, 1.807) is 7.11 Å². The van der Waals surface area contributed by atoms with Crippen molar-refractivity contribution in [2.24, 2.45) is 0 Å². The molecule has 1 amide bonds. The van der Waals surface area contributed by atoms with Gasteiger partial charge in [0.15, 0.2) is 0 Å². The molecular weight excluding hydrogens is 292 g/mol. The van der Waals surface area contributed by atoms with Crippen LogP contribution in [0.25, 0.3) is 0 Å². The van der Waals surface area contributed by atoms with Crippen LogP contribution in [-0.2, 0) is 4.74 Å². The number of carbonyl (C=O) groups excluding carboxylic acids is 1. The molecule has 3 rings (SSSR count). The minimum Gasteiger partial charge on any atom is -0.497 e. The van der Waals surface area contributed by atoms with E-state index in [-0.39, 0.29) is 11.5 Å². The Labute approximate surface area is 138 Å². The summed E-state index contributed by atoms with van der Waals surface area (Å²) in [5.41, 5.74) is 1.56. The van der Waals surface area contributed by atoms with Crippen molar-refractivity contribution in [3.05, 3.63) is 29.3 Å². The van der Waals surface area contributed by atoms with Crippen molar-refractivity contribution in [2.75, 3.05) is 46.9 Å². The minimum atomic E-state index is -0.152. The van der Waals surface area contributed by atoms with Crippen molar-refractivity contribution in [2.45, 2.75) is 25.4 Å². The molecule has 2 aliphatic rings. The molecule has 1 aromatic rings. The second-order valence-electron chi connectivity index (χ2n) is 6.74. The van der Waals surface area contributed by atoms with Crippen molar-refractivity contribution in [3.63, 3.8) is 0 Å². The standard InChI is InChI=1S/C18H26N2O3/c1-14-12-15(22-3)4-5-16(14)17(21)20-10-11-23-18(13-20)6-8-19(2)9-7-18/h4-5,12H,6-11,13H2,1-3H3. The first-order valence-electron chi connectivity index (χ1n) is 8.29. The molecule has 1 spiro atoms. The van der Waals surface area contributed by atoms with Gasteiger partial charge in [-0.1, -0.05) is 0 Å². The van der Waals surface area contributed by atoms with Gasteiger partial charge in [0, 0.05) is 25.2 Å². The van der Waals surface area contributed by atoms with Crippen molar-refractivity contribution in [1.82, 2.24) is 9.80 Å². The Morgan fingerprint density at radius 2 is 2.00 bits per heavy atom. The molecule has 0 radical (unpaired) electrons. The average Bonchev–Trinajstić information content (AvgIpc) is 2.57. The van der Waals surface area contributed by atoms with Gasteiger partial charge in [0.25, 0.3) is 5.91 Å². The van der Waals surface area contributed by atoms with Gasteiger partial charge in [-0.3, -0.25) is 4.79 Å². The summed E-state index contributed by atoms with van der Waals surface area (Å²) in [5.74, 6) is 0.888. The van der Waals surface area contributed by atoms with E-state index in [1.165, 1.54) is 0 Å². The van der Waals surface area contributed by atoms with E-state index in [4.69, 9.17) is 9.47 Å². The predicted molar refractivity (Wildman–Crippen MR) is 89.0 cm³/mol. The number of nitrogens with zero attached hydrogens (tertiary/aromatic N) is 2. The number of ether oxygens (including phenoxy) is 2. The number of carbonyl (C=O) groups is 1. The number of amides is 1. The van der Waals surface area contributed by atoms with E-state index < -0.39 is 0 Å². The number of likely N-dealkylation sites (tertiary alicyclic amines) is 1. The fraction of sp³-hybridized carbons (Fsp3) is 0.611. The van der Waals surface area contributed by atoms with E-state index in [1.807, 2.05) is 30.0 Å². The lowest BCUT2D eigenvalue weighted by Crippen LogP contribution is -2.57. The van der Waals surface area contributed by atoms with E-state index in [0.717, 1.165) is 42.8 Å². The van der Waals surface area contributed by atoms with Crippen LogP contribution in [0.4, 0.5) is 0 Å². The fourth-order valence-electron chi connectivity index (χ4n) is 3.52. The number of hydrogen-bond donors (Lipinski definition) is 0. The number of rotatable bonds is 2. The smallest absolute Gasteiger partial charge is 0.254 e. The summed E-state index contributed by atoms with van der Waals surface area (Å²) in [6.45, 7) is 6.02. The van der Waals surface area contributed by atoms with E-state index >= 15 is 0 Å². The third-order valence-electron chi connectivity index (χ3n) is 5.10. The quantitative estimate of drug-likeness (QED) is 0.836. The van der Waals surface area contributed by atoms with Gasteiger partial charge in [-0.25, -0.2) is 0 Å². The summed E-state index contributed by atoms with van der Waals surface area (Å²) in [6.07, 6.45) is 1.99. The third kappa shape index (κ3) is 3.35. The number of methoxy groups -OCH3 is 1. The summed E-state index contributed by atoms with van der Waals surface area (Å²) in [5, 5.41) is 0. The molecule has 0 atom stereocenters. The minimum absolute atomic E-state index is 0.103. The van der Waals surface area contributed by atoms with Crippen LogP contribution in [0.3, 0.4) is 0 Å². The summed E-state index contributed by atoms with van der Waals surface area (Å²) in [7, 11) is 3.78. The van der Waals surface area contributed by atoms with Crippen molar-refractivity contribution in [3.8, 4) is 5.75 Å². The van der Waals surface area contributed by atoms with Crippen LogP contribution in [-0.4, -0.2) is 68.3 Å². The molecule has 126 valence electrons. The lowest BCUT2D eigenvalue weighted by molar-refractivity contribution is -0.125. The average molecular weight is 318 g/mol. The summed E-state index contributed by atoms with van der Waals surface area (Å²) in [6, 6.07) is 5.64. The highest BCUT2D eigenvalue weighted by atomic mass is 16.5. The van der Waals surface area contributed by atoms with E-state index in [9.17, 15) is 4.79 Å².